The average Bonchev–Trinajstić information content (AvgIpc) is 3.49. The van der Waals surface area contributed by atoms with Crippen LogP contribution in [0.1, 0.15) is 34.1 Å². The Kier molecular flexibility index (Phi) is 9.47. The maximum atomic E-state index is 13.5. The van der Waals surface area contributed by atoms with Gasteiger partial charge < -0.3 is 24.7 Å². The van der Waals surface area contributed by atoms with Gasteiger partial charge >= 0.3 is 23.9 Å². The van der Waals surface area contributed by atoms with Crippen molar-refractivity contribution in [2.45, 2.75) is 44.6 Å². The Balaban J connectivity index is 1.68. The van der Waals surface area contributed by atoms with Crippen LogP contribution in [0.5, 0.6) is 0 Å². The molecule has 2 fully saturated rings. The molecule has 2 aliphatic carbocycles. The van der Waals surface area contributed by atoms with E-state index in [1.165, 1.54) is 23.9 Å². The van der Waals surface area contributed by atoms with Crippen molar-refractivity contribution >= 4 is 47.2 Å². The summed E-state index contributed by atoms with van der Waals surface area (Å²) in [5, 5.41) is -0.0226. The first-order chi connectivity index (χ1) is 17.4. The predicted octanol–water partition coefficient (Wildman–Crippen LogP) is 3.55. The van der Waals surface area contributed by atoms with Gasteiger partial charge in [-0.25, -0.2) is 9.18 Å². The van der Waals surface area contributed by atoms with Crippen molar-refractivity contribution in [1.82, 2.24) is 0 Å². The number of esters is 4. The topological polar surface area (TPSA) is 131 Å². The highest BCUT2D eigenvalue weighted by atomic mass is 35.5. The van der Waals surface area contributed by atoms with E-state index < -0.39 is 72.5 Å². The summed E-state index contributed by atoms with van der Waals surface area (Å²) < 4.78 is 33.7. The van der Waals surface area contributed by atoms with E-state index in [2.05, 4.69) is 0 Å². The second kappa shape index (κ2) is 12.0. The molecule has 0 aliphatic heterocycles. The predicted molar refractivity (Wildman–Crippen MR) is 131 cm³/mol. The van der Waals surface area contributed by atoms with Gasteiger partial charge in [-0.2, -0.15) is 0 Å². The largest absolute Gasteiger partial charge is 0.428 e. The molecule has 2 saturated carbocycles. The summed E-state index contributed by atoms with van der Waals surface area (Å²) in [5.41, 5.74) is 5.11. The second-order valence-corrected chi connectivity index (χ2v) is 11.3. The van der Waals surface area contributed by atoms with Gasteiger partial charge in [-0.05, 0) is 36.5 Å². The summed E-state index contributed by atoms with van der Waals surface area (Å²) in [6, 6.07) is 4.31. The fourth-order valence-corrected chi connectivity index (χ4v) is 5.97. The second-order valence-electron chi connectivity index (χ2n) is 9.83. The minimum absolute atomic E-state index is 0.0226. The zero-order chi connectivity index (χ0) is 27.5. The number of hydrogen-bond acceptors (Lipinski definition) is 10. The van der Waals surface area contributed by atoms with Crippen molar-refractivity contribution in [3.8, 4) is 0 Å². The van der Waals surface area contributed by atoms with Crippen LogP contribution in [0.15, 0.2) is 23.1 Å². The van der Waals surface area contributed by atoms with Gasteiger partial charge in [0.25, 0.3) is 0 Å². The number of nitrogens with two attached hydrogens (primary N) is 1. The van der Waals surface area contributed by atoms with Gasteiger partial charge in [0.1, 0.15) is 11.4 Å². The third-order valence-electron chi connectivity index (χ3n) is 6.66. The lowest BCUT2D eigenvalue weighted by molar-refractivity contribution is -0.174. The molecular weight excluding hydrogens is 529 g/mol. The third-order valence-corrected chi connectivity index (χ3v) is 8.10. The van der Waals surface area contributed by atoms with Gasteiger partial charge in [0.2, 0.25) is 13.6 Å². The van der Waals surface area contributed by atoms with Crippen LogP contribution in [-0.2, 0) is 38.1 Å². The molecule has 5 atom stereocenters. The van der Waals surface area contributed by atoms with E-state index in [0.29, 0.717) is 17.1 Å². The van der Waals surface area contributed by atoms with Crippen LogP contribution in [0.3, 0.4) is 0 Å². The molecule has 9 nitrogen and oxygen atoms in total. The molecule has 0 saturated heterocycles. The molecule has 0 amide bonds. The summed E-state index contributed by atoms with van der Waals surface area (Å²) in [7, 11) is 0. The summed E-state index contributed by atoms with van der Waals surface area (Å²) >= 11 is 7.22. The van der Waals surface area contributed by atoms with Crippen LogP contribution in [-0.4, -0.2) is 48.8 Å². The van der Waals surface area contributed by atoms with Crippen molar-refractivity contribution < 1.29 is 42.5 Å². The Bertz CT molecular complexity index is 1050. The molecule has 0 bridgehead atoms. The summed E-state index contributed by atoms with van der Waals surface area (Å²) in [4.78, 5) is 49.9. The van der Waals surface area contributed by atoms with Gasteiger partial charge in [-0.3, -0.25) is 14.4 Å². The summed E-state index contributed by atoms with van der Waals surface area (Å²) in [6.07, 6.45) is 0.440. The van der Waals surface area contributed by atoms with Gasteiger partial charge in [-0.1, -0.05) is 39.3 Å². The number of carbonyl (C=O) groups is 4. The number of ether oxygens (including phenoxy) is 4. The minimum atomic E-state index is -1.55. The minimum Gasteiger partial charge on any atom is -0.428 e. The van der Waals surface area contributed by atoms with Crippen molar-refractivity contribution in [3.05, 3.63) is 29.0 Å². The van der Waals surface area contributed by atoms with E-state index in [-0.39, 0.29) is 16.9 Å². The number of benzene rings is 1. The quantitative estimate of drug-likeness (QED) is 0.244. The van der Waals surface area contributed by atoms with Crippen molar-refractivity contribution in [3.63, 3.8) is 0 Å². The number of thioether (sulfide) groups is 1. The number of rotatable bonds is 11. The first-order valence-electron chi connectivity index (χ1n) is 11.9. The van der Waals surface area contributed by atoms with Crippen molar-refractivity contribution in [1.29, 1.82) is 0 Å². The molecule has 0 aromatic heterocycles. The molecule has 37 heavy (non-hydrogen) atoms. The van der Waals surface area contributed by atoms with Crippen LogP contribution in [0, 0.1) is 41.3 Å². The lowest BCUT2D eigenvalue weighted by Gasteiger charge is -2.32. The molecule has 2 aliphatic rings. The number of carbonyl (C=O) groups excluding carboxylic acids is 4. The SMILES string of the molecule is CC(C)C(=O)OCOC(=O)[C@H]1[C@@H]2CC(CSc3ccc(F)c(Cl)c3)[C@@](N)(C(=O)OCOC(=O)C(C)C)[C@@H]21. The van der Waals surface area contributed by atoms with Crippen LogP contribution in [0.2, 0.25) is 5.02 Å². The first-order valence-corrected chi connectivity index (χ1v) is 13.3. The third kappa shape index (κ3) is 6.56. The molecule has 1 aromatic carbocycles. The standard InChI is InChI=1S/C25H31ClFNO8S/c1-12(2)21(29)33-10-35-23(31)19-16-7-14(9-37-15-5-6-18(27)17(26)8-15)25(28,20(16)19)24(32)36-11-34-22(30)13(3)4/h5-6,8,12-14,16,19-20H,7,9-11,28H2,1-4H3/t14?,16-,19-,20-,25-/m0/s1. The lowest BCUT2D eigenvalue weighted by Crippen LogP contribution is -2.57. The van der Waals surface area contributed by atoms with Crippen molar-refractivity contribution in [2.24, 2.45) is 41.2 Å². The molecule has 1 unspecified atom stereocenters. The highest BCUT2D eigenvalue weighted by Gasteiger charge is 2.74. The molecule has 0 heterocycles. The monoisotopic (exact) mass is 559 g/mol. The van der Waals surface area contributed by atoms with Gasteiger partial charge in [-0.15, -0.1) is 11.8 Å². The van der Waals surface area contributed by atoms with E-state index in [4.69, 9.17) is 36.3 Å². The molecule has 0 radical (unpaired) electrons. The van der Waals surface area contributed by atoms with Gasteiger partial charge in [0.15, 0.2) is 0 Å². The van der Waals surface area contributed by atoms with Crippen LogP contribution in [0.4, 0.5) is 4.39 Å². The smallest absolute Gasteiger partial charge is 0.329 e. The molecule has 12 heteroatoms. The fraction of sp³-hybridized carbons (Fsp3) is 0.600. The maximum Gasteiger partial charge on any atom is 0.329 e. The van der Waals surface area contributed by atoms with E-state index in [1.54, 1.807) is 33.8 Å². The van der Waals surface area contributed by atoms with Gasteiger partial charge in [0.05, 0.1) is 22.8 Å². The summed E-state index contributed by atoms with van der Waals surface area (Å²) in [6.45, 7) is 5.47. The molecule has 1 aromatic rings. The van der Waals surface area contributed by atoms with Crippen LogP contribution in [0.25, 0.3) is 0 Å². The highest BCUT2D eigenvalue weighted by Crippen LogP contribution is 2.64. The van der Waals surface area contributed by atoms with E-state index in [0.717, 1.165) is 0 Å². The van der Waals surface area contributed by atoms with Crippen LogP contribution >= 0.6 is 23.4 Å². The Morgan fingerprint density at radius 2 is 1.65 bits per heavy atom. The number of hydrogen-bond donors (Lipinski definition) is 1. The number of halogens is 2. The zero-order valence-electron chi connectivity index (χ0n) is 21.0. The highest BCUT2D eigenvalue weighted by molar-refractivity contribution is 7.99. The Morgan fingerprint density at radius 1 is 1.05 bits per heavy atom. The Labute approximate surface area is 223 Å². The Morgan fingerprint density at radius 3 is 2.22 bits per heavy atom. The van der Waals surface area contributed by atoms with E-state index in [1.807, 2.05) is 0 Å². The zero-order valence-corrected chi connectivity index (χ0v) is 22.6. The van der Waals surface area contributed by atoms with E-state index in [9.17, 15) is 23.6 Å². The van der Waals surface area contributed by atoms with Crippen LogP contribution < -0.4 is 5.73 Å². The molecule has 3 rings (SSSR count). The van der Waals surface area contributed by atoms with E-state index >= 15 is 0 Å². The molecule has 204 valence electrons. The van der Waals surface area contributed by atoms with Gasteiger partial charge in [0, 0.05) is 16.6 Å². The normalized spacial score (nSPS) is 26.0. The Hall–Kier alpha value is -2.37. The molecule has 0 spiro atoms. The average molecular weight is 560 g/mol. The summed E-state index contributed by atoms with van der Waals surface area (Å²) in [5.74, 6) is -5.23. The molecule has 2 N–H and O–H groups in total. The number of fused-ring (bicyclic) bond motifs is 1. The van der Waals surface area contributed by atoms with Crippen molar-refractivity contribution in [2.75, 3.05) is 19.3 Å². The lowest BCUT2D eigenvalue weighted by atomic mass is 9.82. The fourth-order valence-electron chi connectivity index (χ4n) is 4.55. The first kappa shape index (κ1) is 29.2. The maximum absolute atomic E-state index is 13.5. The molecular formula is C25H31ClFNO8S.